The summed E-state index contributed by atoms with van der Waals surface area (Å²) in [6.45, 7) is 1.51. The number of hydrogen-bond donors (Lipinski definition) is 1. The van der Waals surface area contributed by atoms with Crippen LogP contribution in [0.15, 0.2) is 42.7 Å². The topological polar surface area (TPSA) is 90.1 Å². The first-order chi connectivity index (χ1) is 16.8. The molecule has 0 bridgehead atoms. The zero-order chi connectivity index (χ0) is 25.0. The van der Waals surface area contributed by atoms with E-state index in [4.69, 9.17) is 4.74 Å². The fraction of sp³-hybridized carbons (Fsp3) is 0.462. The second-order valence-corrected chi connectivity index (χ2v) is 9.08. The van der Waals surface area contributed by atoms with Crippen molar-refractivity contribution < 1.29 is 23.4 Å². The molecule has 1 aliphatic rings. The Morgan fingerprint density at radius 1 is 1.23 bits per heavy atom. The minimum Gasteiger partial charge on any atom is -0.433 e. The van der Waals surface area contributed by atoms with Crippen LogP contribution in [0.1, 0.15) is 55.9 Å². The number of alkyl halides is 2. The number of aliphatic hydroxyl groups excluding tert-OH is 1. The third-order valence-corrected chi connectivity index (χ3v) is 6.31. The van der Waals surface area contributed by atoms with Crippen molar-refractivity contribution in [3.8, 4) is 28.4 Å². The number of ether oxygens (including phenoxy) is 1. The highest BCUT2D eigenvalue weighted by molar-refractivity contribution is 5.95. The van der Waals surface area contributed by atoms with E-state index in [1.807, 2.05) is 0 Å². The molecule has 2 heterocycles. The Morgan fingerprint density at radius 3 is 2.57 bits per heavy atom. The van der Waals surface area contributed by atoms with Gasteiger partial charge in [-0.05, 0) is 67.9 Å². The lowest BCUT2D eigenvalue weighted by Crippen LogP contribution is -2.22. The molecular formula is C26H30F2N4O3. The summed E-state index contributed by atoms with van der Waals surface area (Å²) in [6.07, 6.45) is 3.84. The van der Waals surface area contributed by atoms with Crippen LogP contribution in [-0.4, -0.2) is 43.4 Å². The minimum absolute atomic E-state index is 0.0486. The number of Topliss-reactive ketones (excluding diaryl/α,β-unsaturated/α-hetero) is 1. The highest BCUT2D eigenvalue weighted by atomic mass is 19.3. The molecule has 1 N–H and O–H groups in total. The number of halogens is 2. The van der Waals surface area contributed by atoms with E-state index in [0.717, 1.165) is 19.3 Å². The van der Waals surface area contributed by atoms with E-state index in [-0.39, 0.29) is 24.1 Å². The lowest BCUT2D eigenvalue weighted by molar-refractivity contribution is -0.177. The van der Waals surface area contributed by atoms with Crippen LogP contribution in [0.3, 0.4) is 0 Å². The zero-order valence-corrected chi connectivity index (χ0v) is 20.0. The Labute approximate surface area is 203 Å². The number of rotatable bonds is 12. The van der Waals surface area contributed by atoms with Crippen molar-refractivity contribution in [3.63, 3.8) is 0 Å². The lowest BCUT2D eigenvalue weighted by atomic mass is 9.96. The molecule has 9 heteroatoms. The van der Waals surface area contributed by atoms with Crippen LogP contribution in [0.2, 0.25) is 0 Å². The number of aliphatic hydroxyl groups is 1. The van der Waals surface area contributed by atoms with Crippen LogP contribution in [0.25, 0.3) is 22.6 Å². The van der Waals surface area contributed by atoms with E-state index in [1.165, 1.54) is 19.1 Å². The summed E-state index contributed by atoms with van der Waals surface area (Å²) < 4.78 is 33.5. The van der Waals surface area contributed by atoms with Crippen LogP contribution < -0.4 is 4.74 Å². The van der Waals surface area contributed by atoms with Crippen molar-refractivity contribution in [2.45, 2.75) is 51.6 Å². The Morgan fingerprint density at radius 2 is 1.97 bits per heavy atom. The second-order valence-electron chi connectivity index (χ2n) is 9.08. The Bertz CT molecular complexity index is 1160. The molecule has 1 aliphatic carbocycles. The van der Waals surface area contributed by atoms with E-state index in [2.05, 4.69) is 15.1 Å². The number of aromatic nitrogens is 4. The normalized spacial score (nSPS) is 14.7. The average Bonchev–Trinajstić information content (AvgIpc) is 3.61. The van der Waals surface area contributed by atoms with Gasteiger partial charge in [0.1, 0.15) is 11.4 Å². The molecular weight excluding hydrogens is 454 g/mol. The molecule has 1 saturated carbocycles. The molecule has 2 aromatic heterocycles. The van der Waals surface area contributed by atoms with Gasteiger partial charge in [-0.15, -0.1) is 0 Å². The van der Waals surface area contributed by atoms with Gasteiger partial charge in [-0.2, -0.15) is 13.9 Å². The number of aryl methyl sites for hydroxylation is 1. The van der Waals surface area contributed by atoms with E-state index in [1.54, 1.807) is 42.3 Å². The fourth-order valence-corrected chi connectivity index (χ4v) is 4.04. The highest BCUT2D eigenvalue weighted by Crippen LogP contribution is 2.39. The minimum atomic E-state index is -3.24. The number of benzene rings is 1. The Balaban J connectivity index is 1.57. The van der Waals surface area contributed by atoms with E-state index >= 15 is 0 Å². The van der Waals surface area contributed by atoms with Crippen LogP contribution in [0.5, 0.6) is 5.75 Å². The van der Waals surface area contributed by atoms with Crippen molar-refractivity contribution in [1.82, 2.24) is 19.7 Å². The maximum atomic E-state index is 13.6. The number of ketones is 1. The third kappa shape index (κ3) is 6.48. The smallest absolute Gasteiger partial charge is 0.397 e. The fourth-order valence-electron chi connectivity index (χ4n) is 4.04. The molecule has 0 unspecified atom stereocenters. The van der Waals surface area contributed by atoms with Gasteiger partial charge in [0.05, 0.1) is 17.5 Å². The summed E-state index contributed by atoms with van der Waals surface area (Å²) in [7, 11) is 1.78. The number of nitrogens with zero attached hydrogens (tertiary/aromatic N) is 4. The van der Waals surface area contributed by atoms with Crippen LogP contribution in [-0.2, 0) is 7.05 Å². The van der Waals surface area contributed by atoms with Gasteiger partial charge >= 0.3 is 6.11 Å². The summed E-state index contributed by atoms with van der Waals surface area (Å²) in [4.78, 5) is 22.1. The first kappa shape index (κ1) is 24.9. The predicted octanol–water partition coefficient (Wildman–Crippen LogP) is 5.30. The maximum Gasteiger partial charge on any atom is 0.397 e. The second kappa shape index (κ2) is 10.6. The van der Waals surface area contributed by atoms with E-state index < -0.39 is 12.5 Å². The first-order valence-electron chi connectivity index (χ1n) is 12.0. The van der Waals surface area contributed by atoms with Gasteiger partial charge in [-0.3, -0.25) is 9.48 Å². The van der Waals surface area contributed by atoms with Crippen molar-refractivity contribution in [2.24, 2.45) is 18.9 Å². The van der Waals surface area contributed by atoms with Gasteiger partial charge in [0, 0.05) is 38.3 Å². The monoisotopic (exact) mass is 484 g/mol. The van der Waals surface area contributed by atoms with E-state index in [0.29, 0.717) is 47.1 Å². The standard InChI is InChI=1S/C26H30F2N4O3/c1-3-26(27,28)35-21-11-9-18(10-12-21)22-13-23(31-25(30-22)20-14-29-32(2)15-20)24(34)6-4-5-19(16-33)17-7-8-17/h9-15,17,19,33H,3-8,16H2,1-2H3/t19-/m1/s1. The van der Waals surface area contributed by atoms with Crippen molar-refractivity contribution in [2.75, 3.05) is 6.61 Å². The molecule has 3 aromatic rings. The molecule has 1 aromatic carbocycles. The maximum absolute atomic E-state index is 13.6. The summed E-state index contributed by atoms with van der Waals surface area (Å²) >= 11 is 0. The van der Waals surface area contributed by atoms with Gasteiger partial charge in [0.2, 0.25) is 0 Å². The molecule has 1 atom stereocenters. The molecule has 4 rings (SSSR count). The van der Waals surface area contributed by atoms with Gasteiger partial charge in [0.25, 0.3) is 0 Å². The van der Waals surface area contributed by atoms with Gasteiger partial charge < -0.3 is 9.84 Å². The lowest BCUT2D eigenvalue weighted by Gasteiger charge is -2.16. The molecule has 7 nitrogen and oxygen atoms in total. The average molecular weight is 485 g/mol. The van der Waals surface area contributed by atoms with Gasteiger partial charge in [0.15, 0.2) is 11.6 Å². The summed E-state index contributed by atoms with van der Waals surface area (Å²) in [5.74, 6) is 1.15. The highest BCUT2D eigenvalue weighted by Gasteiger charge is 2.30. The van der Waals surface area contributed by atoms with Gasteiger partial charge in [-0.1, -0.05) is 6.92 Å². The van der Waals surface area contributed by atoms with Crippen molar-refractivity contribution in [1.29, 1.82) is 0 Å². The van der Waals surface area contributed by atoms with Crippen LogP contribution in [0.4, 0.5) is 8.78 Å². The number of carbonyl (C=O) groups is 1. The molecule has 0 saturated heterocycles. The molecule has 0 aliphatic heterocycles. The van der Waals surface area contributed by atoms with Crippen molar-refractivity contribution in [3.05, 3.63) is 48.4 Å². The molecule has 0 amide bonds. The molecule has 35 heavy (non-hydrogen) atoms. The Hall–Kier alpha value is -3.20. The van der Waals surface area contributed by atoms with Crippen LogP contribution >= 0.6 is 0 Å². The zero-order valence-electron chi connectivity index (χ0n) is 20.0. The summed E-state index contributed by atoms with van der Waals surface area (Å²) in [5, 5.41) is 13.7. The SMILES string of the molecule is CCC(F)(F)Oc1ccc(-c2cc(C(=O)CCC[C@H](CO)C3CC3)nc(-c3cnn(C)c3)n2)cc1. The largest absolute Gasteiger partial charge is 0.433 e. The third-order valence-electron chi connectivity index (χ3n) is 6.31. The van der Waals surface area contributed by atoms with Crippen molar-refractivity contribution >= 4 is 5.78 Å². The van der Waals surface area contributed by atoms with Crippen LogP contribution in [0, 0.1) is 11.8 Å². The quantitative estimate of drug-likeness (QED) is 0.351. The first-order valence-corrected chi connectivity index (χ1v) is 12.0. The number of carbonyl (C=O) groups excluding carboxylic acids is 1. The summed E-state index contributed by atoms with van der Waals surface area (Å²) in [6, 6.07) is 7.81. The number of hydrogen-bond acceptors (Lipinski definition) is 6. The van der Waals surface area contributed by atoms with Gasteiger partial charge in [-0.25, -0.2) is 9.97 Å². The Kier molecular flexibility index (Phi) is 7.54. The molecule has 0 spiro atoms. The summed E-state index contributed by atoms with van der Waals surface area (Å²) in [5.41, 5.74) is 2.11. The van der Waals surface area contributed by atoms with E-state index in [9.17, 15) is 18.7 Å². The predicted molar refractivity (Wildman–Crippen MR) is 127 cm³/mol. The molecule has 0 radical (unpaired) electrons. The molecule has 1 fully saturated rings. The molecule has 186 valence electrons.